The van der Waals surface area contributed by atoms with E-state index in [0.29, 0.717) is 32.2 Å². The highest BCUT2D eigenvalue weighted by Gasteiger charge is 2.31. The Morgan fingerprint density at radius 3 is 2.35 bits per heavy atom. The van der Waals surface area contributed by atoms with Crippen LogP contribution in [0.3, 0.4) is 0 Å². The van der Waals surface area contributed by atoms with Crippen LogP contribution in [0, 0.1) is 5.92 Å². The second kappa shape index (κ2) is 9.91. The number of methoxy groups -OCH3 is 1. The Morgan fingerprint density at radius 2 is 1.85 bits per heavy atom. The van der Waals surface area contributed by atoms with Crippen LogP contribution in [-0.4, -0.2) is 45.3 Å². The van der Waals surface area contributed by atoms with Gasteiger partial charge in [0.1, 0.15) is 0 Å². The van der Waals surface area contributed by atoms with Crippen LogP contribution in [0.1, 0.15) is 33.1 Å². The van der Waals surface area contributed by atoms with Crippen molar-refractivity contribution >= 4 is 5.97 Å². The van der Waals surface area contributed by atoms with Gasteiger partial charge in [0.15, 0.2) is 6.29 Å². The largest absolute Gasteiger partial charge is 0.466 e. The molecule has 0 heterocycles. The maximum Gasteiger partial charge on any atom is 0.330 e. The lowest BCUT2D eigenvalue weighted by molar-refractivity contribution is -0.177. The van der Waals surface area contributed by atoms with E-state index in [9.17, 15) is 4.79 Å². The average Bonchev–Trinajstić information content (AvgIpc) is 3.27. The second-order valence-electron chi connectivity index (χ2n) is 4.71. The van der Waals surface area contributed by atoms with Crippen molar-refractivity contribution in [2.75, 3.05) is 26.9 Å². The summed E-state index contributed by atoms with van der Waals surface area (Å²) in [4.78, 5) is 11.0. The molecular formula is C15H26O5. The van der Waals surface area contributed by atoms with Crippen LogP contribution in [0.5, 0.6) is 0 Å². The van der Waals surface area contributed by atoms with Gasteiger partial charge in [-0.1, -0.05) is 6.08 Å². The molecule has 1 aliphatic rings. The lowest BCUT2D eigenvalue weighted by Crippen LogP contribution is -2.27. The minimum absolute atomic E-state index is 0.124. The first kappa shape index (κ1) is 17.1. The molecule has 0 bridgehead atoms. The lowest BCUT2D eigenvalue weighted by Gasteiger charge is -2.21. The molecule has 5 heteroatoms. The van der Waals surface area contributed by atoms with E-state index >= 15 is 0 Å². The minimum atomic E-state index is -0.332. The molecule has 0 aromatic rings. The van der Waals surface area contributed by atoms with Gasteiger partial charge in [-0.05, 0) is 39.0 Å². The number of ether oxygens (including phenoxy) is 4. The lowest BCUT2D eigenvalue weighted by atomic mass is 10.1. The molecule has 0 aromatic carbocycles. The fourth-order valence-electron chi connectivity index (χ4n) is 1.95. The van der Waals surface area contributed by atoms with Crippen molar-refractivity contribution in [2.24, 2.45) is 5.92 Å². The molecule has 1 unspecified atom stereocenters. The molecular weight excluding hydrogens is 260 g/mol. The van der Waals surface area contributed by atoms with Crippen molar-refractivity contribution in [3.05, 3.63) is 12.2 Å². The van der Waals surface area contributed by atoms with Gasteiger partial charge in [-0.3, -0.25) is 0 Å². The van der Waals surface area contributed by atoms with E-state index in [1.54, 1.807) is 0 Å². The van der Waals surface area contributed by atoms with Gasteiger partial charge in [-0.25, -0.2) is 4.79 Å². The van der Waals surface area contributed by atoms with Crippen molar-refractivity contribution in [1.82, 2.24) is 0 Å². The normalized spacial score (nSPS) is 16.8. The molecule has 1 fully saturated rings. The van der Waals surface area contributed by atoms with Crippen molar-refractivity contribution in [2.45, 2.75) is 45.5 Å². The van der Waals surface area contributed by atoms with Crippen LogP contribution in [0.2, 0.25) is 0 Å². The Balaban J connectivity index is 2.34. The Morgan fingerprint density at radius 1 is 1.20 bits per heavy atom. The topological polar surface area (TPSA) is 54.0 Å². The van der Waals surface area contributed by atoms with E-state index in [1.165, 1.54) is 26.0 Å². The van der Waals surface area contributed by atoms with Crippen LogP contribution in [0.4, 0.5) is 0 Å². The maximum absolute atomic E-state index is 11.0. The van der Waals surface area contributed by atoms with Gasteiger partial charge in [0.25, 0.3) is 0 Å². The predicted molar refractivity (Wildman–Crippen MR) is 75.3 cm³/mol. The minimum Gasteiger partial charge on any atom is -0.466 e. The van der Waals surface area contributed by atoms with Gasteiger partial charge in [-0.2, -0.15) is 0 Å². The summed E-state index contributed by atoms with van der Waals surface area (Å²) in [5.74, 6) is 0.252. The third-order valence-corrected chi connectivity index (χ3v) is 3.12. The Labute approximate surface area is 121 Å². The van der Waals surface area contributed by atoms with Crippen molar-refractivity contribution < 1.29 is 23.7 Å². The summed E-state index contributed by atoms with van der Waals surface area (Å²) >= 11 is 0. The van der Waals surface area contributed by atoms with E-state index in [2.05, 4.69) is 4.74 Å². The zero-order chi connectivity index (χ0) is 14.8. The van der Waals surface area contributed by atoms with E-state index in [4.69, 9.17) is 14.2 Å². The van der Waals surface area contributed by atoms with Crippen LogP contribution >= 0.6 is 0 Å². The standard InChI is InChI=1S/C15H26O5/c1-4-18-15(19-5-2)11-20-13(12-9-10-12)7-6-8-14(16)17-3/h6,8,12-13,15H,4-5,7,9-11H2,1-3H3. The van der Waals surface area contributed by atoms with E-state index in [-0.39, 0.29) is 18.4 Å². The van der Waals surface area contributed by atoms with Gasteiger partial charge >= 0.3 is 5.97 Å². The fourth-order valence-corrected chi connectivity index (χ4v) is 1.95. The summed E-state index contributed by atoms with van der Waals surface area (Å²) in [5.41, 5.74) is 0. The molecule has 0 amide bonds. The zero-order valence-electron chi connectivity index (χ0n) is 12.7. The van der Waals surface area contributed by atoms with Crippen molar-refractivity contribution in [3.8, 4) is 0 Å². The molecule has 0 N–H and O–H groups in total. The van der Waals surface area contributed by atoms with Gasteiger partial charge in [0.2, 0.25) is 0 Å². The summed E-state index contributed by atoms with van der Waals surface area (Å²) in [7, 11) is 1.37. The summed E-state index contributed by atoms with van der Waals surface area (Å²) in [6, 6.07) is 0. The first-order chi connectivity index (χ1) is 9.71. The Hall–Kier alpha value is -0.910. The molecule has 1 saturated carbocycles. The zero-order valence-corrected chi connectivity index (χ0v) is 12.7. The molecule has 0 saturated heterocycles. The first-order valence-corrected chi connectivity index (χ1v) is 7.30. The predicted octanol–water partition coefficient (Wildman–Crippen LogP) is 2.30. The van der Waals surface area contributed by atoms with Crippen molar-refractivity contribution in [3.63, 3.8) is 0 Å². The monoisotopic (exact) mass is 286 g/mol. The quantitative estimate of drug-likeness (QED) is 0.331. The van der Waals surface area contributed by atoms with E-state index in [1.807, 2.05) is 19.9 Å². The Kier molecular flexibility index (Phi) is 8.49. The maximum atomic E-state index is 11.0. The summed E-state index contributed by atoms with van der Waals surface area (Å²) in [5, 5.41) is 0. The summed E-state index contributed by atoms with van der Waals surface area (Å²) < 4.78 is 21.4. The van der Waals surface area contributed by atoms with Crippen molar-refractivity contribution in [1.29, 1.82) is 0 Å². The molecule has 1 rings (SSSR count). The number of carbonyl (C=O) groups is 1. The highest BCUT2D eigenvalue weighted by molar-refractivity contribution is 5.81. The molecule has 1 aliphatic carbocycles. The van der Waals surface area contributed by atoms with Gasteiger partial charge in [-0.15, -0.1) is 0 Å². The second-order valence-corrected chi connectivity index (χ2v) is 4.71. The van der Waals surface area contributed by atoms with Gasteiger partial charge in [0, 0.05) is 19.3 Å². The molecule has 1 atom stereocenters. The molecule has 0 radical (unpaired) electrons. The number of carbonyl (C=O) groups excluding carboxylic acids is 1. The number of rotatable bonds is 11. The third-order valence-electron chi connectivity index (χ3n) is 3.12. The molecule has 0 spiro atoms. The van der Waals surface area contributed by atoms with Gasteiger partial charge < -0.3 is 18.9 Å². The van der Waals surface area contributed by atoms with E-state index in [0.717, 1.165) is 0 Å². The number of esters is 1. The summed E-state index contributed by atoms with van der Waals surface area (Å²) in [6.45, 7) is 5.50. The summed E-state index contributed by atoms with van der Waals surface area (Å²) in [6.07, 6.45) is 6.15. The highest BCUT2D eigenvalue weighted by atomic mass is 16.7. The van der Waals surface area contributed by atoms with Gasteiger partial charge in [0.05, 0.1) is 19.8 Å². The Bertz CT molecular complexity index is 293. The van der Waals surface area contributed by atoms with E-state index < -0.39 is 0 Å². The number of hydrogen-bond donors (Lipinski definition) is 0. The molecule has 0 aromatic heterocycles. The fraction of sp³-hybridized carbons (Fsp3) is 0.800. The molecule has 0 aliphatic heterocycles. The smallest absolute Gasteiger partial charge is 0.330 e. The SMILES string of the molecule is CCOC(COC(CC=CC(=O)OC)C1CC1)OCC. The number of hydrogen-bond acceptors (Lipinski definition) is 5. The average molecular weight is 286 g/mol. The van der Waals surface area contributed by atoms with Crippen LogP contribution in [0.15, 0.2) is 12.2 Å². The molecule has 116 valence electrons. The first-order valence-electron chi connectivity index (χ1n) is 7.30. The van der Waals surface area contributed by atoms with Crippen LogP contribution in [-0.2, 0) is 23.7 Å². The molecule has 5 nitrogen and oxygen atoms in total. The molecule has 20 heavy (non-hydrogen) atoms. The third kappa shape index (κ3) is 7.03. The van der Waals surface area contributed by atoms with Crippen LogP contribution in [0.25, 0.3) is 0 Å². The highest BCUT2D eigenvalue weighted by Crippen LogP contribution is 2.36. The van der Waals surface area contributed by atoms with Crippen LogP contribution < -0.4 is 0 Å².